The molecule has 2 heteroatoms. The van der Waals surface area contributed by atoms with E-state index in [4.69, 9.17) is 10.5 Å². The fourth-order valence-corrected chi connectivity index (χ4v) is 3.29. The number of nitrogens with two attached hydrogens (primary N) is 1. The third-order valence-corrected chi connectivity index (χ3v) is 4.79. The molecule has 0 aromatic rings. The van der Waals surface area contributed by atoms with Crippen LogP contribution >= 0.6 is 0 Å². The van der Waals surface area contributed by atoms with Crippen LogP contribution in [0.15, 0.2) is 0 Å². The predicted molar refractivity (Wildman–Crippen MR) is 67.3 cm³/mol. The van der Waals surface area contributed by atoms with Crippen LogP contribution in [0.3, 0.4) is 0 Å². The molecule has 2 fully saturated rings. The summed E-state index contributed by atoms with van der Waals surface area (Å²) in [4.78, 5) is 0. The first kappa shape index (κ1) is 12.4. The molecule has 0 radical (unpaired) electrons. The van der Waals surface area contributed by atoms with Gasteiger partial charge in [0.15, 0.2) is 0 Å². The molecule has 0 aromatic heterocycles. The molecule has 2 nitrogen and oxygen atoms in total. The zero-order valence-electron chi connectivity index (χ0n) is 10.9. The summed E-state index contributed by atoms with van der Waals surface area (Å²) < 4.78 is 5.68. The van der Waals surface area contributed by atoms with Gasteiger partial charge in [0.2, 0.25) is 0 Å². The Labute approximate surface area is 99.9 Å². The molecular weight excluding hydrogens is 198 g/mol. The Hall–Kier alpha value is -0.0800. The van der Waals surface area contributed by atoms with Crippen LogP contribution in [-0.2, 0) is 4.74 Å². The summed E-state index contributed by atoms with van der Waals surface area (Å²) in [5.41, 5.74) is 6.64. The normalized spacial score (nSPS) is 44.8. The lowest BCUT2D eigenvalue weighted by molar-refractivity contribution is 0.0849. The van der Waals surface area contributed by atoms with Crippen molar-refractivity contribution in [2.24, 2.45) is 17.6 Å². The number of hydrogen-bond donors (Lipinski definition) is 1. The molecule has 1 saturated carbocycles. The van der Waals surface area contributed by atoms with Crippen molar-refractivity contribution in [2.75, 3.05) is 6.61 Å². The zero-order chi connectivity index (χ0) is 11.6. The molecule has 94 valence electrons. The van der Waals surface area contributed by atoms with E-state index in [0.717, 1.165) is 24.9 Å². The summed E-state index contributed by atoms with van der Waals surface area (Å²) in [6.45, 7) is 5.69. The monoisotopic (exact) mass is 225 g/mol. The fourth-order valence-electron chi connectivity index (χ4n) is 3.29. The molecule has 2 aliphatic rings. The van der Waals surface area contributed by atoms with E-state index in [1.165, 1.54) is 38.5 Å². The highest BCUT2D eigenvalue weighted by molar-refractivity contribution is 4.92. The van der Waals surface area contributed by atoms with Crippen LogP contribution in [0.1, 0.15) is 58.8 Å². The Morgan fingerprint density at radius 1 is 1.25 bits per heavy atom. The van der Waals surface area contributed by atoms with E-state index < -0.39 is 0 Å². The van der Waals surface area contributed by atoms with Crippen molar-refractivity contribution < 1.29 is 4.74 Å². The van der Waals surface area contributed by atoms with E-state index in [1.807, 2.05) is 0 Å². The molecule has 4 unspecified atom stereocenters. The van der Waals surface area contributed by atoms with E-state index in [-0.39, 0.29) is 5.54 Å². The van der Waals surface area contributed by atoms with Gasteiger partial charge in [-0.25, -0.2) is 0 Å². The molecular formula is C14H27NO. The van der Waals surface area contributed by atoms with Crippen LogP contribution in [0.5, 0.6) is 0 Å². The maximum absolute atomic E-state index is 6.53. The third kappa shape index (κ3) is 2.98. The Balaban J connectivity index is 1.78. The van der Waals surface area contributed by atoms with E-state index in [9.17, 15) is 0 Å². The van der Waals surface area contributed by atoms with Gasteiger partial charge in [-0.15, -0.1) is 0 Å². The summed E-state index contributed by atoms with van der Waals surface area (Å²) in [5.74, 6) is 1.66. The van der Waals surface area contributed by atoms with Crippen LogP contribution in [0.2, 0.25) is 0 Å². The van der Waals surface area contributed by atoms with Crippen molar-refractivity contribution in [1.82, 2.24) is 0 Å². The molecule has 0 aromatic carbocycles. The quantitative estimate of drug-likeness (QED) is 0.801. The Morgan fingerprint density at radius 2 is 2.06 bits per heavy atom. The highest BCUT2D eigenvalue weighted by Crippen LogP contribution is 2.37. The van der Waals surface area contributed by atoms with Gasteiger partial charge in [0, 0.05) is 12.1 Å². The van der Waals surface area contributed by atoms with Crippen molar-refractivity contribution in [3.8, 4) is 0 Å². The van der Waals surface area contributed by atoms with Gasteiger partial charge in [-0.1, -0.05) is 13.8 Å². The standard InChI is InChI=1S/C14H27NO/c1-11-5-7-14(15,10-12(11)2)8-6-13-4-3-9-16-13/h11-13H,3-10,15H2,1-2H3. The molecule has 0 spiro atoms. The van der Waals surface area contributed by atoms with Crippen LogP contribution in [0.25, 0.3) is 0 Å². The minimum atomic E-state index is 0.109. The first-order chi connectivity index (χ1) is 7.59. The summed E-state index contributed by atoms with van der Waals surface area (Å²) in [6.07, 6.45) is 9.08. The van der Waals surface area contributed by atoms with Crippen molar-refractivity contribution in [1.29, 1.82) is 0 Å². The minimum absolute atomic E-state index is 0.109. The van der Waals surface area contributed by atoms with E-state index in [0.29, 0.717) is 6.10 Å². The zero-order valence-corrected chi connectivity index (χ0v) is 10.9. The number of rotatable bonds is 3. The third-order valence-electron chi connectivity index (χ3n) is 4.79. The van der Waals surface area contributed by atoms with Gasteiger partial charge in [-0.05, 0) is 56.8 Å². The molecule has 2 N–H and O–H groups in total. The molecule has 1 heterocycles. The highest BCUT2D eigenvalue weighted by atomic mass is 16.5. The summed E-state index contributed by atoms with van der Waals surface area (Å²) in [5, 5.41) is 0. The second-order valence-electron chi connectivity index (χ2n) is 6.23. The van der Waals surface area contributed by atoms with Crippen LogP contribution in [-0.4, -0.2) is 18.2 Å². The van der Waals surface area contributed by atoms with Crippen molar-refractivity contribution in [2.45, 2.75) is 70.4 Å². The largest absolute Gasteiger partial charge is 0.378 e. The first-order valence-corrected chi connectivity index (χ1v) is 6.99. The average molecular weight is 225 g/mol. The molecule has 1 aliphatic heterocycles. The average Bonchev–Trinajstić information content (AvgIpc) is 2.75. The molecule has 1 aliphatic carbocycles. The van der Waals surface area contributed by atoms with Gasteiger partial charge >= 0.3 is 0 Å². The molecule has 1 saturated heterocycles. The minimum Gasteiger partial charge on any atom is -0.378 e. The molecule has 0 amide bonds. The van der Waals surface area contributed by atoms with Crippen LogP contribution in [0.4, 0.5) is 0 Å². The highest BCUT2D eigenvalue weighted by Gasteiger charge is 2.34. The van der Waals surface area contributed by atoms with Crippen LogP contribution in [0, 0.1) is 11.8 Å². The van der Waals surface area contributed by atoms with Gasteiger partial charge in [-0.3, -0.25) is 0 Å². The Kier molecular flexibility index (Phi) is 3.91. The molecule has 2 rings (SSSR count). The maximum atomic E-state index is 6.53. The Bertz CT molecular complexity index is 225. The smallest absolute Gasteiger partial charge is 0.0576 e. The lowest BCUT2D eigenvalue weighted by Gasteiger charge is -2.40. The molecule has 0 bridgehead atoms. The summed E-state index contributed by atoms with van der Waals surface area (Å²) in [7, 11) is 0. The van der Waals surface area contributed by atoms with Gasteiger partial charge in [-0.2, -0.15) is 0 Å². The number of ether oxygens (including phenoxy) is 1. The van der Waals surface area contributed by atoms with Gasteiger partial charge in [0.1, 0.15) is 0 Å². The molecule has 16 heavy (non-hydrogen) atoms. The second-order valence-corrected chi connectivity index (χ2v) is 6.23. The van der Waals surface area contributed by atoms with E-state index in [2.05, 4.69) is 13.8 Å². The van der Waals surface area contributed by atoms with Crippen molar-refractivity contribution in [3.05, 3.63) is 0 Å². The van der Waals surface area contributed by atoms with Gasteiger partial charge in [0.25, 0.3) is 0 Å². The SMILES string of the molecule is CC1CCC(N)(CCC2CCCO2)CC1C. The summed E-state index contributed by atoms with van der Waals surface area (Å²) >= 11 is 0. The summed E-state index contributed by atoms with van der Waals surface area (Å²) in [6, 6.07) is 0. The Morgan fingerprint density at radius 3 is 2.69 bits per heavy atom. The first-order valence-electron chi connectivity index (χ1n) is 6.99. The maximum Gasteiger partial charge on any atom is 0.0576 e. The lowest BCUT2D eigenvalue weighted by Crippen LogP contribution is -2.46. The lowest BCUT2D eigenvalue weighted by atomic mass is 9.70. The van der Waals surface area contributed by atoms with Crippen molar-refractivity contribution >= 4 is 0 Å². The van der Waals surface area contributed by atoms with Gasteiger partial charge in [0.05, 0.1) is 6.10 Å². The van der Waals surface area contributed by atoms with Crippen molar-refractivity contribution in [3.63, 3.8) is 0 Å². The fraction of sp³-hybridized carbons (Fsp3) is 1.00. The van der Waals surface area contributed by atoms with E-state index in [1.54, 1.807) is 0 Å². The van der Waals surface area contributed by atoms with Gasteiger partial charge < -0.3 is 10.5 Å². The van der Waals surface area contributed by atoms with Crippen LogP contribution < -0.4 is 5.73 Å². The topological polar surface area (TPSA) is 35.2 Å². The number of hydrogen-bond acceptors (Lipinski definition) is 2. The van der Waals surface area contributed by atoms with E-state index >= 15 is 0 Å². The second kappa shape index (κ2) is 5.05. The molecule has 4 atom stereocenters. The predicted octanol–water partition coefficient (Wildman–Crippen LogP) is 3.10.